The standard InChI is InChI=1S/C23H23F3N4O3S/c1-14-11-19(23(24,25)26)29-30(14)12-20(31)27-10-4-7-21-28-17(13-34-21)22(32)33-18-9-8-15-5-2-3-6-16(15)18/h2-3,5-6,11,13,18H,4,7-10,12H2,1H3,(H,27,31). The number of thiazole rings is 1. The lowest BCUT2D eigenvalue weighted by atomic mass is 10.1. The number of fused-ring (bicyclic) bond motifs is 1. The second-order valence-corrected chi connectivity index (χ2v) is 8.98. The van der Waals surface area contributed by atoms with E-state index in [0.717, 1.165) is 34.2 Å². The van der Waals surface area contributed by atoms with Crippen LogP contribution in [-0.2, 0) is 35.1 Å². The summed E-state index contributed by atoms with van der Waals surface area (Å²) in [5, 5.41) is 8.52. The molecule has 1 aliphatic carbocycles. The van der Waals surface area contributed by atoms with Gasteiger partial charge in [-0.25, -0.2) is 9.78 Å². The lowest BCUT2D eigenvalue weighted by Crippen LogP contribution is -2.29. The molecular formula is C23H23F3N4O3S. The molecule has 0 spiro atoms. The van der Waals surface area contributed by atoms with E-state index in [-0.39, 0.29) is 24.0 Å². The molecule has 0 bridgehead atoms. The van der Waals surface area contributed by atoms with E-state index < -0.39 is 23.7 Å². The molecule has 7 nitrogen and oxygen atoms in total. The minimum absolute atomic E-state index is 0.255. The SMILES string of the molecule is Cc1cc(C(F)(F)F)nn1CC(=O)NCCCc1nc(C(=O)OC2CCc3ccccc32)cs1. The zero-order valence-electron chi connectivity index (χ0n) is 18.4. The fourth-order valence-electron chi connectivity index (χ4n) is 3.82. The van der Waals surface area contributed by atoms with Gasteiger partial charge in [0.2, 0.25) is 5.91 Å². The molecule has 2 heterocycles. The zero-order chi connectivity index (χ0) is 24.3. The number of ether oxygens (including phenoxy) is 1. The summed E-state index contributed by atoms with van der Waals surface area (Å²) < 4.78 is 44.9. The molecule has 1 aliphatic rings. The molecule has 1 N–H and O–H groups in total. The van der Waals surface area contributed by atoms with Crippen molar-refractivity contribution in [1.82, 2.24) is 20.1 Å². The third-order valence-corrected chi connectivity index (χ3v) is 6.45. The van der Waals surface area contributed by atoms with Crippen LogP contribution in [0.2, 0.25) is 0 Å². The number of aryl methyl sites for hydroxylation is 3. The Kier molecular flexibility index (Phi) is 7.01. The highest BCUT2D eigenvalue weighted by Gasteiger charge is 2.34. The average molecular weight is 493 g/mol. The zero-order valence-corrected chi connectivity index (χ0v) is 19.2. The van der Waals surface area contributed by atoms with Crippen LogP contribution in [0.25, 0.3) is 0 Å². The van der Waals surface area contributed by atoms with Crippen LogP contribution in [0.3, 0.4) is 0 Å². The van der Waals surface area contributed by atoms with Crippen molar-refractivity contribution < 1.29 is 27.5 Å². The predicted molar refractivity (Wildman–Crippen MR) is 118 cm³/mol. The molecule has 1 atom stereocenters. The largest absolute Gasteiger partial charge is 0.453 e. The maximum absolute atomic E-state index is 12.7. The number of alkyl halides is 3. The van der Waals surface area contributed by atoms with Crippen LogP contribution in [0.4, 0.5) is 13.2 Å². The van der Waals surface area contributed by atoms with Crippen LogP contribution in [0.5, 0.6) is 0 Å². The maximum atomic E-state index is 12.7. The first-order valence-electron chi connectivity index (χ1n) is 10.8. The van der Waals surface area contributed by atoms with Crippen LogP contribution in [-0.4, -0.2) is 33.2 Å². The van der Waals surface area contributed by atoms with Gasteiger partial charge in [-0.05, 0) is 43.4 Å². The number of esters is 1. The number of nitrogens with zero attached hydrogens (tertiary/aromatic N) is 3. The molecule has 180 valence electrons. The normalized spacial score (nSPS) is 15.2. The van der Waals surface area contributed by atoms with Gasteiger partial charge in [0.1, 0.15) is 12.6 Å². The van der Waals surface area contributed by atoms with Gasteiger partial charge in [0.25, 0.3) is 0 Å². The molecule has 34 heavy (non-hydrogen) atoms. The van der Waals surface area contributed by atoms with Crippen molar-refractivity contribution in [3.8, 4) is 0 Å². The third kappa shape index (κ3) is 5.64. The first-order valence-corrected chi connectivity index (χ1v) is 11.7. The minimum Gasteiger partial charge on any atom is -0.453 e. The fourth-order valence-corrected chi connectivity index (χ4v) is 4.63. The lowest BCUT2D eigenvalue weighted by Gasteiger charge is -2.12. The van der Waals surface area contributed by atoms with Gasteiger partial charge in [0.15, 0.2) is 11.4 Å². The van der Waals surface area contributed by atoms with Crippen molar-refractivity contribution in [2.24, 2.45) is 0 Å². The predicted octanol–water partition coefficient (Wildman–Crippen LogP) is 4.26. The van der Waals surface area contributed by atoms with Crippen molar-refractivity contribution in [2.75, 3.05) is 6.54 Å². The molecule has 0 radical (unpaired) electrons. The van der Waals surface area contributed by atoms with E-state index in [4.69, 9.17) is 4.74 Å². The highest BCUT2D eigenvalue weighted by atomic mass is 32.1. The summed E-state index contributed by atoms with van der Waals surface area (Å²) in [5.74, 6) is -0.884. The van der Waals surface area contributed by atoms with Gasteiger partial charge in [-0.1, -0.05) is 24.3 Å². The number of hydrogen-bond donors (Lipinski definition) is 1. The first-order chi connectivity index (χ1) is 16.2. The van der Waals surface area contributed by atoms with Crippen LogP contribution >= 0.6 is 11.3 Å². The second kappa shape index (κ2) is 9.96. The molecule has 0 saturated heterocycles. The summed E-state index contributed by atoms with van der Waals surface area (Å²) in [6.07, 6.45) is -2.05. The van der Waals surface area contributed by atoms with Crippen LogP contribution in [0, 0.1) is 6.92 Å². The summed E-state index contributed by atoms with van der Waals surface area (Å²) in [4.78, 5) is 28.9. The van der Waals surface area contributed by atoms with Crippen molar-refractivity contribution >= 4 is 23.2 Å². The Morgan fingerprint density at radius 1 is 1.29 bits per heavy atom. The Labute approximate surface area is 198 Å². The Morgan fingerprint density at radius 2 is 2.09 bits per heavy atom. The summed E-state index contributed by atoms with van der Waals surface area (Å²) in [7, 11) is 0. The smallest absolute Gasteiger partial charge is 0.435 e. The fraction of sp³-hybridized carbons (Fsp3) is 0.391. The van der Waals surface area contributed by atoms with Gasteiger partial charge >= 0.3 is 12.1 Å². The van der Waals surface area contributed by atoms with Crippen LogP contribution < -0.4 is 5.32 Å². The molecule has 0 aliphatic heterocycles. The average Bonchev–Trinajstić information content (AvgIpc) is 3.51. The topological polar surface area (TPSA) is 86.1 Å². The number of rotatable bonds is 8. The maximum Gasteiger partial charge on any atom is 0.435 e. The van der Waals surface area contributed by atoms with E-state index in [9.17, 15) is 22.8 Å². The number of benzene rings is 1. The van der Waals surface area contributed by atoms with E-state index in [1.54, 1.807) is 5.38 Å². The molecule has 1 unspecified atom stereocenters. The number of carbonyl (C=O) groups is 2. The van der Waals surface area contributed by atoms with E-state index in [2.05, 4.69) is 15.4 Å². The van der Waals surface area contributed by atoms with E-state index in [1.165, 1.54) is 23.8 Å². The summed E-state index contributed by atoms with van der Waals surface area (Å²) in [6.45, 7) is 1.50. The summed E-state index contributed by atoms with van der Waals surface area (Å²) >= 11 is 1.34. The van der Waals surface area contributed by atoms with Crippen molar-refractivity contribution in [1.29, 1.82) is 0 Å². The Hall–Kier alpha value is -3.21. The highest BCUT2D eigenvalue weighted by Crippen LogP contribution is 2.34. The number of carbonyl (C=O) groups excluding carboxylic acids is 2. The molecule has 0 saturated carbocycles. The van der Waals surface area contributed by atoms with Gasteiger partial charge < -0.3 is 10.1 Å². The molecule has 1 aromatic carbocycles. The van der Waals surface area contributed by atoms with Gasteiger partial charge in [-0.15, -0.1) is 11.3 Å². The number of hydrogen-bond acceptors (Lipinski definition) is 6. The van der Waals surface area contributed by atoms with Gasteiger partial charge in [0, 0.05) is 24.0 Å². The quantitative estimate of drug-likeness (QED) is 0.375. The summed E-state index contributed by atoms with van der Waals surface area (Å²) in [5.41, 5.74) is 1.74. The van der Waals surface area contributed by atoms with Gasteiger partial charge in [-0.2, -0.15) is 18.3 Å². The second-order valence-electron chi connectivity index (χ2n) is 8.04. The van der Waals surface area contributed by atoms with Crippen molar-refractivity contribution in [3.05, 3.63) is 68.9 Å². The molecule has 3 aromatic rings. The first kappa shape index (κ1) is 23.9. The molecular weight excluding hydrogens is 469 g/mol. The van der Waals surface area contributed by atoms with E-state index >= 15 is 0 Å². The highest BCUT2D eigenvalue weighted by molar-refractivity contribution is 7.09. The summed E-state index contributed by atoms with van der Waals surface area (Å²) in [6, 6.07) is 8.83. The van der Waals surface area contributed by atoms with E-state index in [1.807, 2.05) is 24.3 Å². The van der Waals surface area contributed by atoms with Gasteiger partial charge in [0.05, 0.1) is 5.01 Å². The lowest BCUT2D eigenvalue weighted by molar-refractivity contribution is -0.141. The van der Waals surface area contributed by atoms with Crippen LogP contribution in [0.15, 0.2) is 35.7 Å². The molecule has 11 heteroatoms. The minimum atomic E-state index is -4.55. The number of aromatic nitrogens is 3. The van der Waals surface area contributed by atoms with Gasteiger partial charge in [-0.3, -0.25) is 9.48 Å². The van der Waals surface area contributed by atoms with E-state index in [0.29, 0.717) is 19.4 Å². The molecule has 2 aromatic heterocycles. The van der Waals surface area contributed by atoms with Crippen molar-refractivity contribution in [3.63, 3.8) is 0 Å². The monoisotopic (exact) mass is 492 g/mol. The molecule has 1 amide bonds. The number of halogens is 3. The number of nitrogens with one attached hydrogen (secondary N) is 1. The Morgan fingerprint density at radius 3 is 2.85 bits per heavy atom. The Bertz CT molecular complexity index is 1190. The van der Waals surface area contributed by atoms with Crippen molar-refractivity contribution in [2.45, 2.75) is 51.4 Å². The Balaban J connectivity index is 1.21. The molecule has 0 fully saturated rings. The number of amides is 1. The molecule has 4 rings (SSSR count). The van der Waals surface area contributed by atoms with Crippen LogP contribution in [0.1, 0.15) is 57.0 Å². The third-order valence-electron chi connectivity index (χ3n) is 5.54.